The molecule has 1 aromatic heterocycles. The van der Waals surface area contributed by atoms with E-state index < -0.39 is 5.97 Å². The van der Waals surface area contributed by atoms with Crippen LogP contribution in [0.3, 0.4) is 0 Å². The predicted octanol–water partition coefficient (Wildman–Crippen LogP) is 0.115. The van der Waals surface area contributed by atoms with Gasteiger partial charge in [-0.15, -0.1) is 0 Å². The number of likely N-dealkylation sites (N-methyl/N-ethyl adjacent to an activating group) is 1. The maximum Gasteiger partial charge on any atom is 0.305 e. The van der Waals surface area contributed by atoms with E-state index in [9.17, 15) is 4.79 Å². The number of nitrogens with one attached hydrogen (secondary N) is 1. The Morgan fingerprint density at radius 3 is 2.79 bits per heavy atom. The molecule has 104 valence electrons. The van der Waals surface area contributed by atoms with Crippen molar-refractivity contribution < 1.29 is 9.90 Å². The average molecular weight is 265 g/mol. The molecule has 0 aliphatic carbocycles. The minimum Gasteiger partial charge on any atom is -0.481 e. The molecule has 7 nitrogen and oxygen atoms in total. The summed E-state index contributed by atoms with van der Waals surface area (Å²) in [5.74, 6) is 0.743. The van der Waals surface area contributed by atoms with E-state index in [0.29, 0.717) is 12.4 Å². The van der Waals surface area contributed by atoms with Crippen molar-refractivity contribution in [2.24, 2.45) is 0 Å². The van der Waals surface area contributed by atoms with Gasteiger partial charge in [0.05, 0.1) is 6.42 Å². The molecule has 1 aromatic rings. The van der Waals surface area contributed by atoms with Crippen molar-refractivity contribution >= 4 is 17.6 Å². The molecule has 0 unspecified atom stereocenters. The fourth-order valence-electron chi connectivity index (χ4n) is 1.95. The van der Waals surface area contributed by atoms with E-state index in [1.165, 1.54) is 6.33 Å². The SMILES string of the molecule is CN1CCN(c2cc(NCCC(=O)O)ncn2)CC1. The van der Waals surface area contributed by atoms with Gasteiger partial charge in [0, 0.05) is 38.8 Å². The molecule has 0 bridgehead atoms. The van der Waals surface area contributed by atoms with E-state index >= 15 is 0 Å². The molecule has 0 spiro atoms. The van der Waals surface area contributed by atoms with E-state index in [2.05, 4.69) is 32.1 Å². The van der Waals surface area contributed by atoms with Crippen LogP contribution in [0.1, 0.15) is 6.42 Å². The molecule has 0 atom stereocenters. The van der Waals surface area contributed by atoms with Gasteiger partial charge < -0.3 is 20.2 Å². The molecular formula is C12H19N5O2. The summed E-state index contributed by atoms with van der Waals surface area (Å²) in [6.07, 6.45) is 1.59. The van der Waals surface area contributed by atoms with Gasteiger partial charge in [-0.3, -0.25) is 4.79 Å². The summed E-state index contributed by atoms with van der Waals surface area (Å²) in [5, 5.41) is 11.6. The number of anilines is 2. The summed E-state index contributed by atoms with van der Waals surface area (Å²) in [6, 6.07) is 1.87. The Morgan fingerprint density at radius 1 is 1.37 bits per heavy atom. The third kappa shape index (κ3) is 4.06. The first-order chi connectivity index (χ1) is 9.15. The largest absolute Gasteiger partial charge is 0.481 e. The Hall–Kier alpha value is -1.89. The summed E-state index contributed by atoms with van der Waals surface area (Å²) in [7, 11) is 2.11. The molecule has 19 heavy (non-hydrogen) atoms. The van der Waals surface area contributed by atoms with E-state index in [1.54, 1.807) is 0 Å². The highest BCUT2D eigenvalue weighted by Crippen LogP contribution is 2.15. The van der Waals surface area contributed by atoms with Crippen LogP contribution in [0.25, 0.3) is 0 Å². The van der Waals surface area contributed by atoms with E-state index in [0.717, 1.165) is 32.0 Å². The number of hydrogen-bond donors (Lipinski definition) is 2. The van der Waals surface area contributed by atoms with Gasteiger partial charge >= 0.3 is 5.97 Å². The normalized spacial score (nSPS) is 16.4. The molecule has 0 radical (unpaired) electrons. The van der Waals surface area contributed by atoms with Crippen molar-refractivity contribution in [3.8, 4) is 0 Å². The molecule has 2 rings (SSSR count). The van der Waals surface area contributed by atoms with Crippen molar-refractivity contribution in [2.75, 3.05) is 50.0 Å². The molecule has 1 aliphatic heterocycles. The molecular weight excluding hydrogens is 246 g/mol. The lowest BCUT2D eigenvalue weighted by atomic mass is 10.3. The van der Waals surface area contributed by atoms with Gasteiger partial charge in [0.2, 0.25) is 0 Å². The first-order valence-electron chi connectivity index (χ1n) is 6.36. The Kier molecular flexibility index (Phi) is 4.51. The van der Waals surface area contributed by atoms with Crippen LogP contribution in [0.4, 0.5) is 11.6 Å². The lowest BCUT2D eigenvalue weighted by molar-refractivity contribution is -0.136. The van der Waals surface area contributed by atoms with Crippen LogP contribution in [0.5, 0.6) is 0 Å². The molecule has 0 aromatic carbocycles. The number of carboxylic acid groups (broad SMARTS) is 1. The predicted molar refractivity (Wildman–Crippen MR) is 72.5 cm³/mol. The highest BCUT2D eigenvalue weighted by atomic mass is 16.4. The molecule has 1 saturated heterocycles. The van der Waals surface area contributed by atoms with Crippen LogP contribution in [0, 0.1) is 0 Å². The number of carbonyl (C=O) groups is 1. The minimum atomic E-state index is -0.819. The smallest absolute Gasteiger partial charge is 0.305 e. The molecule has 7 heteroatoms. The van der Waals surface area contributed by atoms with E-state index in [1.807, 2.05) is 6.07 Å². The number of aromatic nitrogens is 2. The van der Waals surface area contributed by atoms with Gasteiger partial charge in [-0.1, -0.05) is 0 Å². The fraction of sp³-hybridized carbons (Fsp3) is 0.583. The topological polar surface area (TPSA) is 81.6 Å². The van der Waals surface area contributed by atoms with Crippen molar-refractivity contribution in [3.63, 3.8) is 0 Å². The van der Waals surface area contributed by atoms with Crippen molar-refractivity contribution in [2.45, 2.75) is 6.42 Å². The van der Waals surface area contributed by atoms with Crippen molar-refractivity contribution in [1.82, 2.24) is 14.9 Å². The van der Waals surface area contributed by atoms with Crippen LogP contribution in [-0.2, 0) is 4.79 Å². The van der Waals surface area contributed by atoms with Crippen molar-refractivity contribution in [3.05, 3.63) is 12.4 Å². The summed E-state index contributed by atoms with van der Waals surface area (Å²) in [5.41, 5.74) is 0. The first-order valence-corrected chi connectivity index (χ1v) is 6.36. The van der Waals surface area contributed by atoms with Gasteiger partial charge in [-0.25, -0.2) is 9.97 Å². The Morgan fingerprint density at radius 2 is 2.11 bits per heavy atom. The van der Waals surface area contributed by atoms with Gasteiger partial charge in [0.25, 0.3) is 0 Å². The lowest BCUT2D eigenvalue weighted by Gasteiger charge is -2.33. The van der Waals surface area contributed by atoms with Crippen LogP contribution < -0.4 is 10.2 Å². The highest BCUT2D eigenvalue weighted by Gasteiger charge is 2.15. The fourth-order valence-corrected chi connectivity index (χ4v) is 1.95. The number of aliphatic carboxylic acids is 1. The third-order valence-corrected chi connectivity index (χ3v) is 3.12. The average Bonchev–Trinajstić information content (AvgIpc) is 2.39. The summed E-state index contributed by atoms with van der Waals surface area (Å²) >= 11 is 0. The molecule has 1 aliphatic rings. The van der Waals surface area contributed by atoms with Gasteiger partial charge in [-0.2, -0.15) is 0 Å². The van der Waals surface area contributed by atoms with Gasteiger partial charge in [0.1, 0.15) is 18.0 Å². The number of carboxylic acids is 1. The molecule has 1 fully saturated rings. The number of rotatable bonds is 5. The Balaban J connectivity index is 1.93. The summed E-state index contributed by atoms with van der Waals surface area (Å²) < 4.78 is 0. The maximum atomic E-state index is 10.4. The first kappa shape index (κ1) is 13.5. The Bertz CT molecular complexity index is 432. The molecule has 0 amide bonds. The second-order valence-electron chi connectivity index (χ2n) is 4.62. The van der Waals surface area contributed by atoms with E-state index in [-0.39, 0.29) is 6.42 Å². The number of piperazine rings is 1. The van der Waals surface area contributed by atoms with Crippen LogP contribution in [-0.4, -0.2) is 65.7 Å². The quantitative estimate of drug-likeness (QED) is 0.782. The Labute approximate surface area is 112 Å². The summed E-state index contributed by atoms with van der Waals surface area (Å²) in [6.45, 7) is 4.30. The van der Waals surface area contributed by atoms with Crippen LogP contribution in [0.2, 0.25) is 0 Å². The number of nitrogens with zero attached hydrogens (tertiary/aromatic N) is 4. The second-order valence-corrected chi connectivity index (χ2v) is 4.62. The third-order valence-electron chi connectivity index (χ3n) is 3.12. The van der Waals surface area contributed by atoms with E-state index in [4.69, 9.17) is 5.11 Å². The monoisotopic (exact) mass is 265 g/mol. The maximum absolute atomic E-state index is 10.4. The zero-order valence-electron chi connectivity index (χ0n) is 11.0. The molecule has 0 saturated carbocycles. The van der Waals surface area contributed by atoms with Crippen LogP contribution in [0.15, 0.2) is 12.4 Å². The molecule has 2 heterocycles. The van der Waals surface area contributed by atoms with Gasteiger partial charge in [-0.05, 0) is 7.05 Å². The lowest BCUT2D eigenvalue weighted by Crippen LogP contribution is -2.44. The standard InChI is InChI=1S/C12H19N5O2/c1-16-4-6-17(7-5-16)11-8-10(14-9-15-11)13-3-2-12(18)19/h8-9H,2-7H2,1H3,(H,18,19)(H,13,14,15). The van der Waals surface area contributed by atoms with Crippen molar-refractivity contribution in [1.29, 1.82) is 0 Å². The van der Waals surface area contributed by atoms with Gasteiger partial charge in [0.15, 0.2) is 0 Å². The zero-order chi connectivity index (χ0) is 13.7. The minimum absolute atomic E-state index is 0.0772. The molecule has 2 N–H and O–H groups in total. The summed E-state index contributed by atoms with van der Waals surface area (Å²) in [4.78, 5) is 23.3. The zero-order valence-corrected chi connectivity index (χ0v) is 11.0. The number of hydrogen-bond acceptors (Lipinski definition) is 6. The second kappa shape index (κ2) is 6.33. The highest BCUT2D eigenvalue weighted by molar-refractivity contribution is 5.67. The van der Waals surface area contributed by atoms with Crippen LogP contribution >= 0.6 is 0 Å².